The number of hydrogen-bond donors (Lipinski definition) is 2. The number of aliphatic hydroxyl groups is 1. The number of carbonyl (C=O) groups is 3. The van der Waals surface area contributed by atoms with E-state index in [9.17, 15) is 19.5 Å². The molecule has 3 aliphatic rings. The van der Waals surface area contributed by atoms with Gasteiger partial charge in [0.1, 0.15) is 0 Å². The summed E-state index contributed by atoms with van der Waals surface area (Å²) in [6.07, 6.45) is 4.39. The molecule has 0 bridgehead atoms. The summed E-state index contributed by atoms with van der Waals surface area (Å²) in [7, 11) is 0. The van der Waals surface area contributed by atoms with Crippen molar-refractivity contribution in [3.05, 3.63) is 53.3 Å². The second-order valence-electron chi connectivity index (χ2n) is 9.45. The summed E-state index contributed by atoms with van der Waals surface area (Å²) in [5.74, 6) is 0.00904. The fourth-order valence-corrected chi connectivity index (χ4v) is 4.83. The number of amides is 2. The van der Waals surface area contributed by atoms with Gasteiger partial charge in [-0.3, -0.25) is 19.3 Å². The van der Waals surface area contributed by atoms with Crippen LogP contribution >= 0.6 is 0 Å². The third kappa shape index (κ3) is 5.74. The molecule has 2 atom stereocenters. The quantitative estimate of drug-likeness (QED) is 0.619. The van der Waals surface area contributed by atoms with Crippen LogP contribution in [0.3, 0.4) is 0 Å². The SMILES string of the molecule is CC(=O)c1ccc(N2CCN(C(=O)CN3CC[C@@H](C(=O)NC4=CCC(O)C=C4C)C3)CC2)cc1. The predicted octanol–water partition coefficient (Wildman–Crippen LogP) is 1.57. The fourth-order valence-electron chi connectivity index (χ4n) is 4.83. The van der Waals surface area contributed by atoms with Crippen molar-refractivity contribution in [1.29, 1.82) is 0 Å². The molecule has 2 saturated heterocycles. The van der Waals surface area contributed by atoms with Crippen LogP contribution in [0.4, 0.5) is 5.69 Å². The number of nitrogens with one attached hydrogen (secondary N) is 1. The Hall–Kier alpha value is -2.97. The first kappa shape index (κ1) is 24.2. The number of aliphatic hydroxyl groups excluding tert-OH is 1. The molecule has 2 fully saturated rings. The van der Waals surface area contributed by atoms with E-state index in [1.165, 1.54) is 0 Å². The van der Waals surface area contributed by atoms with E-state index in [1.54, 1.807) is 13.0 Å². The van der Waals surface area contributed by atoms with Crippen molar-refractivity contribution in [2.24, 2.45) is 5.92 Å². The lowest BCUT2D eigenvalue weighted by molar-refractivity contribution is -0.133. The van der Waals surface area contributed by atoms with E-state index in [0.29, 0.717) is 38.2 Å². The zero-order valence-corrected chi connectivity index (χ0v) is 20.0. The summed E-state index contributed by atoms with van der Waals surface area (Å²) in [5.41, 5.74) is 3.43. The summed E-state index contributed by atoms with van der Waals surface area (Å²) in [5, 5.41) is 12.7. The number of hydrogen-bond acceptors (Lipinski definition) is 6. The van der Waals surface area contributed by atoms with Crippen LogP contribution < -0.4 is 10.2 Å². The Morgan fingerprint density at radius 3 is 2.41 bits per heavy atom. The summed E-state index contributed by atoms with van der Waals surface area (Å²) in [4.78, 5) is 43.3. The minimum absolute atomic E-state index is 0.0188. The smallest absolute Gasteiger partial charge is 0.236 e. The van der Waals surface area contributed by atoms with Crippen molar-refractivity contribution in [3.63, 3.8) is 0 Å². The van der Waals surface area contributed by atoms with E-state index in [-0.39, 0.29) is 23.5 Å². The Morgan fingerprint density at radius 1 is 1.06 bits per heavy atom. The van der Waals surface area contributed by atoms with Gasteiger partial charge in [0.2, 0.25) is 11.8 Å². The van der Waals surface area contributed by atoms with Gasteiger partial charge in [-0.15, -0.1) is 0 Å². The lowest BCUT2D eigenvalue weighted by Crippen LogP contribution is -2.51. The number of rotatable bonds is 6. The third-order valence-electron chi connectivity index (χ3n) is 6.96. The van der Waals surface area contributed by atoms with E-state index in [2.05, 4.69) is 15.1 Å². The number of likely N-dealkylation sites (tertiary alicyclic amines) is 1. The van der Waals surface area contributed by atoms with Crippen molar-refractivity contribution >= 4 is 23.3 Å². The Kier molecular flexibility index (Phi) is 7.48. The zero-order chi connectivity index (χ0) is 24.2. The number of Topliss-reactive ketones (excluding diaryl/α,β-unsaturated/α-hetero) is 1. The molecule has 8 nitrogen and oxygen atoms in total. The van der Waals surface area contributed by atoms with Crippen LogP contribution in [0.15, 0.2) is 47.7 Å². The average Bonchev–Trinajstić information content (AvgIpc) is 3.29. The van der Waals surface area contributed by atoms with E-state index in [0.717, 1.165) is 43.0 Å². The molecular formula is C26H34N4O4. The molecule has 1 aliphatic carbocycles. The van der Waals surface area contributed by atoms with Crippen molar-refractivity contribution in [2.45, 2.75) is 32.8 Å². The maximum absolute atomic E-state index is 12.9. The van der Waals surface area contributed by atoms with Crippen molar-refractivity contribution < 1.29 is 19.5 Å². The second kappa shape index (κ2) is 10.5. The molecule has 0 radical (unpaired) electrons. The Balaban J connectivity index is 1.21. The molecule has 8 heteroatoms. The molecule has 1 aromatic carbocycles. The van der Waals surface area contributed by atoms with Gasteiger partial charge in [0.25, 0.3) is 0 Å². The molecule has 2 N–H and O–H groups in total. The van der Waals surface area contributed by atoms with Gasteiger partial charge in [0.05, 0.1) is 18.6 Å². The van der Waals surface area contributed by atoms with E-state index < -0.39 is 6.10 Å². The average molecular weight is 467 g/mol. The molecule has 0 saturated carbocycles. The van der Waals surface area contributed by atoms with Crippen LogP contribution in [-0.2, 0) is 9.59 Å². The highest BCUT2D eigenvalue weighted by Crippen LogP contribution is 2.21. The minimum Gasteiger partial charge on any atom is -0.389 e. The number of nitrogens with zero attached hydrogens (tertiary/aromatic N) is 3. The van der Waals surface area contributed by atoms with Crippen LogP contribution in [0.25, 0.3) is 0 Å². The van der Waals surface area contributed by atoms with Gasteiger partial charge in [0, 0.05) is 49.7 Å². The van der Waals surface area contributed by atoms with Crippen LogP contribution in [0.1, 0.15) is 37.0 Å². The number of benzene rings is 1. The molecule has 0 spiro atoms. The van der Waals surface area contributed by atoms with Crippen molar-refractivity contribution in [2.75, 3.05) is 50.7 Å². The fraction of sp³-hybridized carbons (Fsp3) is 0.500. The van der Waals surface area contributed by atoms with Crippen molar-refractivity contribution in [1.82, 2.24) is 15.1 Å². The molecule has 1 aromatic rings. The summed E-state index contributed by atoms with van der Waals surface area (Å²) < 4.78 is 0. The van der Waals surface area contributed by atoms with Crippen LogP contribution in [0.5, 0.6) is 0 Å². The van der Waals surface area contributed by atoms with E-state index in [4.69, 9.17) is 0 Å². The van der Waals surface area contributed by atoms with Crippen LogP contribution in [0.2, 0.25) is 0 Å². The van der Waals surface area contributed by atoms with Gasteiger partial charge in [0.15, 0.2) is 5.78 Å². The van der Waals surface area contributed by atoms with Gasteiger partial charge in [-0.25, -0.2) is 0 Å². The molecule has 2 heterocycles. The highest BCUT2D eigenvalue weighted by Gasteiger charge is 2.31. The molecule has 4 rings (SSSR count). The first-order valence-electron chi connectivity index (χ1n) is 12.0. The van der Waals surface area contributed by atoms with Gasteiger partial charge in [-0.05, 0) is 63.1 Å². The second-order valence-corrected chi connectivity index (χ2v) is 9.45. The molecule has 0 aromatic heterocycles. The van der Waals surface area contributed by atoms with Gasteiger partial charge in [-0.2, -0.15) is 0 Å². The first-order valence-corrected chi connectivity index (χ1v) is 12.0. The summed E-state index contributed by atoms with van der Waals surface area (Å²) in [6.45, 7) is 7.94. The number of carbonyl (C=O) groups excluding carboxylic acids is 3. The molecule has 2 amide bonds. The molecular weight excluding hydrogens is 432 g/mol. The van der Waals surface area contributed by atoms with Crippen LogP contribution in [-0.4, -0.2) is 84.4 Å². The highest BCUT2D eigenvalue weighted by molar-refractivity contribution is 5.94. The standard InChI is InChI=1S/C26H34N4O4/c1-18-15-23(32)7-8-24(18)27-26(34)21-9-10-28(16-21)17-25(33)30-13-11-29(12-14-30)22-5-3-20(4-6-22)19(2)31/h3-6,8,15,21,23,32H,7,9-14,16-17H2,1-2H3,(H,27,34)/t21-,23?/m1/s1. The highest BCUT2D eigenvalue weighted by atomic mass is 16.3. The van der Waals surface area contributed by atoms with Gasteiger partial charge >= 0.3 is 0 Å². The molecule has 182 valence electrons. The lowest BCUT2D eigenvalue weighted by Gasteiger charge is -2.36. The number of anilines is 1. The lowest BCUT2D eigenvalue weighted by atomic mass is 10.0. The maximum atomic E-state index is 12.9. The monoisotopic (exact) mass is 466 g/mol. The van der Waals surface area contributed by atoms with Gasteiger partial charge < -0.3 is 20.2 Å². The van der Waals surface area contributed by atoms with Crippen molar-refractivity contribution in [3.8, 4) is 0 Å². The first-order chi connectivity index (χ1) is 16.3. The third-order valence-corrected chi connectivity index (χ3v) is 6.96. The Morgan fingerprint density at radius 2 is 1.76 bits per heavy atom. The summed E-state index contributed by atoms with van der Waals surface area (Å²) >= 11 is 0. The summed E-state index contributed by atoms with van der Waals surface area (Å²) in [6, 6.07) is 7.63. The van der Waals surface area contributed by atoms with Gasteiger partial charge in [-0.1, -0.05) is 12.2 Å². The molecule has 2 aliphatic heterocycles. The largest absolute Gasteiger partial charge is 0.389 e. The molecule has 34 heavy (non-hydrogen) atoms. The van der Waals surface area contributed by atoms with Crippen LogP contribution in [0, 0.1) is 5.92 Å². The normalized spacial score (nSPS) is 23.4. The Bertz CT molecular complexity index is 993. The van der Waals surface area contributed by atoms with E-state index >= 15 is 0 Å². The molecule has 1 unspecified atom stereocenters. The minimum atomic E-state index is -0.484. The topological polar surface area (TPSA) is 93.2 Å². The number of piperazine rings is 1. The maximum Gasteiger partial charge on any atom is 0.236 e. The number of ketones is 1. The predicted molar refractivity (Wildman–Crippen MR) is 130 cm³/mol. The van der Waals surface area contributed by atoms with E-state index in [1.807, 2.05) is 42.2 Å². The number of allylic oxidation sites excluding steroid dienone is 1. The Labute approximate surface area is 200 Å². The zero-order valence-electron chi connectivity index (χ0n) is 20.0.